The van der Waals surface area contributed by atoms with Gasteiger partial charge in [-0.3, -0.25) is 0 Å². The molecule has 1 aliphatic rings. The summed E-state index contributed by atoms with van der Waals surface area (Å²) >= 11 is 1.43. The molecule has 2 aromatic rings. The van der Waals surface area contributed by atoms with Crippen LogP contribution in [-0.4, -0.2) is 27.9 Å². The van der Waals surface area contributed by atoms with Crippen LogP contribution in [0, 0.1) is 5.82 Å². The summed E-state index contributed by atoms with van der Waals surface area (Å²) in [6.07, 6.45) is 2.99. The summed E-state index contributed by atoms with van der Waals surface area (Å²) in [6, 6.07) is 7.10. The molecular formula is C14H16FN3OS. The van der Waals surface area contributed by atoms with Crippen LogP contribution < -0.4 is 4.90 Å². The monoisotopic (exact) mass is 293 g/mol. The van der Waals surface area contributed by atoms with Gasteiger partial charge >= 0.3 is 0 Å². The normalized spacial score (nSPS) is 18.7. The van der Waals surface area contributed by atoms with Gasteiger partial charge in [-0.2, -0.15) is 0 Å². The Kier molecular flexibility index (Phi) is 3.93. The van der Waals surface area contributed by atoms with Gasteiger partial charge in [0.25, 0.3) is 0 Å². The molecule has 20 heavy (non-hydrogen) atoms. The van der Waals surface area contributed by atoms with Crippen molar-refractivity contribution in [2.75, 3.05) is 11.4 Å². The third-order valence-corrected chi connectivity index (χ3v) is 4.52. The predicted octanol–water partition coefficient (Wildman–Crippen LogP) is 2.38. The van der Waals surface area contributed by atoms with E-state index in [2.05, 4.69) is 15.1 Å². The number of hydrogen-bond acceptors (Lipinski definition) is 5. The molecule has 1 atom stereocenters. The molecule has 6 heteroatoms. The highest BCUT2D eigenvalue weighted by atomic mass is 32.1. The lowest BCUT2D eigenvalue weighted by molar-refractivity contribution is 0.280. The van der Waals surface area contributed by atoms with Crippen LogP contribution in [0.5, 0.6) is 0 Å². The molecule has 0 saturated carbocycles. The molecule has 1 fully saturated rings. The highest BCUT2D eigenvalue weighted by molar-refractivity contribution is 7.15. The Labute approximate surface area is 120 Å². The quantitative estimate of drug-likeness (QED) is 0.940. The molecule has 3 rings (SSSR count). The number of aromatic nitrogens is 2. The van der Waals surface area contributed by atoms with Gasteiger partial charge in [0.05, 0.1) is 6.61 Å². The van der Waals surface area contributed by atoms with Crippen molar-refractivity contribution in [1.29, 1.82) is 0 Å². The first-order valence-corrected chi connectivity index (χ1v) is 7.52. The minimum absolute atomic E-state index is 0.0694. The van der Waals surface area contributed by atoms with Gasteiger partial charge in [0, 0.05) is 12.6 Å². The fourth-order valence-electron chi connectivity index (χ4n) is 2.66. The summed E-state index contributed by atoms with van der Waals surface area (Å²) in [4.78, 5) is 2.22. The van der Waals surface area contributed by atoms with E-state index in [-0.39, 0.29) is 12.4 Å². The van der Waals surface area contributed by atoms with E-state index in [1.165, 1.54) is 17.4 Å². The Bertz CT molecular complexity index is 589. The summed E-state index contributed by atoms with van der Waals surface area (Å²) in [5, 5.41) is 18.7. The summed E-state index contributed by atoms with van der Waals surface area (Å²) in [5.41, 5.74) is 1.01. The van der Waals surface area contributed by atoms with Crippen molar-refractivity contribution in [1.82, 2.24) is 10.2 Å². The van der Waals surface area contributed by atoms with Crippen molar-refractivity contribution in [3.8, 4) is 0 Å². The van der Waals surface area contributed by atoms with Crippen molar-refractivity contribution in [3.05, 3.63) is 40.7 Å². The summed E-state index contributed by atoms with van der Waals surface area (Å²) in [6.45, 7) is 0.875. The molecule has 0 bridgehead atoms. The van der Waals surface area contributed by atoms with Crippen LogP contribution in [0.25, 0.3) is 0 Å². The van der Waals surface area contributed by atoms with E-state index >= 15 is 0 Å². The second-order valence-corrected chi connectivity index (χ2v) is 6.00. The number of anilines is 1. The Hall–Kier alpha value is -1.53. The van der Waals surface area contributed by atoms with Crippen LogP contribution in [0.15, 0.2) is 24.3 Å². The Morgan fingerprint density at radius 2 is 2.30 bits per heavy atom. The zero-order chi connectivity index (χ0) is 13.9. The van der Waals surface area contributed by atoms with E-state index in [1.807, 2.05) is 6.07 Å². The molecule has 1 unspecified atom stereocenters. The van der Waals surface area contributed by atoms with Gasteiger partial charge in [-0.1, -0.05) is 23.5 Å². The number of halogens is 1. The van der Waals surface area contributed by atoms with Crippen molar-refractivity contribution >= 4 is 16.5 Å². The Morgan fingerprint density at radius 3 is 3.05 bits per heavy atom. The van der Waals surface area contributed by atoms with E-state index in [1.54, 1.807) is 12.1 Å². The third-order valence-electron chi connectivity index (χ3n) is 3.57. The number of benzene rings is 1. The van der Waals surface area contributed by atoms with Crippen molar-refractivity contribution in [2.45, 2.75) is 31.9 Å². The largest absolute Gasteiger partial charge is 0.389 e. The lowest BCUT2D eigenvalue weighted by Crippen LogP contribution is -2.30. The molecule has 0 amide bonds. The smallest absolute Gasteiger partial charge is 0.208 e. The first-order valence-electron chi connectivity index (χ1n) is 6.70. The number of rotatable bonds is 4. The van der Waals surface area contributed by atoms with Crippen LogP contribution in [-0.2, 0) is 13.0 Å². The van der Waals surface area contributed by atoms with Gasteiger partial charge in [0.2, 0.25) is 5.13 Å². The van der Waals surface area contributed by atoms with Gasteiger partial charge in [-0.25, -0.2) is 4.39 Å². The molecule has 1 saturated heterocycles. The molecule has 0 aliphatic carbocycles. The zero-order valence-corrected chi connectivity index (χ0v) is 11.8. The molecule has 1 N–H and O–H groups in total. The molecule has 1 aliphatic heterocycles. The maximum Gasteiger partial charge on any atom is 0.208 e. The molecule has 0 radical (unpaired) electrons. The van der Waals surface area contributed by atoms with Crippen molar-refractivity contribution in [2.24, 2.45) is 0 Å². The highest BCUT2D eigenvalue weighted by Gasteiger charge is 2.27. The van der Waals surface area contributed by atoms with Crippen LogP contribution in [0.1, 0.15) is 23.4 Å². The van der Waals surface area contributed by atoms with Crippen molar-refractivity contribution in [3.63, 3.8) is 0 Å². The number of hydrogen-bond donors (Lipinski definition) is 1. The molecular weight excluding hydrogens is 277 g/mol. The molecule has 0 spiro atoms. The lowest BCUT2D eigenvalue weighted by Gasteiger charge is -2.23. The number of nitrogens with zero attached hydrogens (tertiary/aromatic N) is 3. The third kappa shape index (κ3) is 2.81. The number of aliphatic hydroxyl groups is 1. The van der Waals surface area contributed by atoms with E-state index in [0.717, 1.165) is 36.5 Å². The highest BCUT2D eigenvalue weighted by Crippen LogP contribution is 2.30. The van der Waals surface area contributed by atoms with Gasteiger partial charge in [-0.15, -0.1) is 10.2 Å². The fraction of sp³-hybridized carbons (Fsp3) is 0.429. The van der Waals surface area contributed by atoms with Crippen LogP contribution >= 0.6 is 11.3 Å². The first-order chi connectivity index (χ1) is 9.76. The van der Waals surface area contributed by atoms with Gasteiger partial charge in [0.1, 0.15) is 10.8 Å². The summed E-state index contributed by atoms with van der Waals surface area (Å²) in [7, 11) is 0. The maximum atomic E-state index is 13.2. The predicted molar refractivity (Wildman–Crippen MR) is 76.3 cm³/mol. The minimum Gasteiger partial charge on any atom is -0.389 e. The minimum atomic E-state index is -0.189. The topological polar surface area (TPSA) is 49.3 Å². The molecule has 1 aromatic heterocycles. The summed E-state index contributed by atoms with van der Waals surface area (Å²) < 4.78 is 13.2. The fourth-order valence-corrected chi connectivity index (χ4v) is 3.46. The van der Waals surface area contributed by atoms with Gasteiger partial charge in [-0.05, 0) is 37.0 Å². The molecule has 1 aromatic carbocycles. The Balaban J connectivity index is 1.75. The zero-order valence-electron chi connectivity index (χ0n) is 11.0. The second-order valence-electron chi connectivity index (χ2n) is 4.96. The van der Waals surface area contributed by atoms with E-state index in [0.29, 0.717) is 11.0 Å². The molecule has 4 nitrogen and oxygen atoms in total. The standard InChI is InChI=1S/C14H16FN3OS/c15-11-4-1-3-10(7-11)8-12-5-2-6-18(12)14-17-16-13(9-19)20-14/h1,3-4,7,12,19H,2,5-6,8-9H2. The number of aliphatic hydroxyl groups excluding tert-OH is 1. The van der Waals surface area contributed by atoms with E-state index in [4.69, 9.17) is 5.11 Å². The maximum absolute atomic E-state index is 13.2. The van der Waals surface area contributed by atoms with Gasteiger partial charge < -0.3 is 10.0 Å². The van der Waals surface area contributed by atoms with Crippen molar-refractivity contribution < 1.29 is 9.50 Å². The lowest BCUT2D eigenvalue weighted by atomic mass is 10.0. The second kappa shape index (κ2) is 5.85. The van der Waals surface area contributed by atoms with Crippen LogP contribution in [0.4, 0.5) is 9.52 Å². The average Bonchev–Trinajstić information content (AvgIpc) is 3.06. The Morgan fingerprint density at radius 1 is 1.40 bits per heavy atom. The van der Waals surface area contributed by atoms with Crippen LogP contribution in [0.2, 0.25) is 0 Å². The molecule has 106 valence electrons. The van der Waals surface area contributed by atoms with Crippen LogP contribution in [0.3, 0.4) is 0 Å². The average molecular weight is 293 g/mol. The van der Waals surface area contributed by atoms with Gasteiger partial charge in [0.15, 0.2) is 0 Å². The van der Waals surface area contributed by atoms with E-state index in [9.17, 15) is 4.39 Å². The first kappa shape index (κ1) is 13.5. The van der Waals surface area contributed by atoms with E-state index < -0.39 is 0 Å². The SMILES string of the molecule is OCc1nnc(N2CCCC2Cc2cccc(F)c2)s1. The summed E-state index contributed by atoms with van der Waals surface area (Å²) in [5.74, 6) is -0.189. The molecule has 2 heterocycles.